The second-order valence-electron chi connectivity index (χ2n) is 4.65. The van der Waals surface area contributed by atoms with Crippen LogP contribution in [0.1, 0.15) is 11.1 Å². The Hall–Kier alpha value is -2.02. The third kappa shape index (κ3) is 2.73. The Morgan fingerprint density at radius 1 is 1.43 bits per heavy atom. The molecular formula is C14H15BrN4O2. The normalized spacial score (nSPS) is 12.7. The lowest BCUT2D eigenvalue weighted by atomic mass is 10.1. The van der Waals surface area contributed by atoms with E-state index in [1.54, 1.807) is 7.11 Å². The van der Waals surface area contributed by atoms with E-state index in [0.29, 0.717) is 23.9 Å². The zero-order valence-electron chi connectivity index (χ0n) is 11.5. The Morgan fingerprint density at radius 2 is 2.29 bits per heavy atom. The average molecular weight is 351 g/mol. The van der Waals surface area contributed by atoms with Crippen molar-refractivity contribution in [3.8, 4) is 11.5 Å². The first-order valence-corrected chi connectivity index (χ1v) is 7.30. The number of halogens is 1. The number of fused-ring (bicyclic) bond motifs is 1. The molecule has 0 fully saturated rings. The maximum Gasteiger partial charge on any atom is 0.203 e. The molecule has 7 heteroatoms. The van der Waals surface area contributed by atoms with Crippen LogP contribution >= 0.6 is 15.9 Å². The van der Waals surface area contributed by atoms with Crippen molar-refractivity contribution in [2.24, 2.45) is 0 Å². The molecule has 3 rings (SSSR count). The smallest absolute Gasteiger partial charge is 0.203 e. The predicted molar refractivity (Wildman–Crippen MR) is 83.7 cm³/mol. The Labute approximate surface area is 130 Å². The quantitative estimate of drug-likeness (QED) is 0.880. The van der Waals surface area contributed by atoms with Crippen LogP contribution in [0.2, 0.25) is 0 Å². The summed E-state index contributed by atoms with van der Waals surface area (Å²) in [5.41, 5.74) is 8.05. The zero-order valence-corrected chi connectivity index (χ0v) is 13.1. The molecule has 2 heterocycles. The Morgan fingerprint density at radius 3 is 3.10 bits per heavy atom. The lowest BCUT2D eigenvalue weighted by Crippen LogP contribution is -2.07. The van der Waals surface area contributed by atoms with E-state index in [2.05, 4.69) is 37.3 Å². The highest BCUT2D eigenvalue weighted by atomic mass is 79.9. The molecule has 0 atom stereocenters. The Kier molecular flexibility index (Phi) is 3.83. The van der Waals surface area contributed by atoms with Crippen molar-refractivity contribution >= 4 is 27.6 Å². The SMILES string of the molecule is COc1c(N)ncnc1NCc1cc(Br)cc2c1OCC2. The molecule has 1 aromatic heterocycles. The fourth-order valence-corrected chi connectivity index (χ4v) is 2.92. The Balaban J connectivity index is 1.85. The highest BCUT2D eigenvalue weighted by Crippen LogP contribution is 2.34. The van der Waals surface area contributed by atoms with Crippen LogP contribution in [0.3, 0.4) is 0 Å². The van der Waals surface area contributed by atoms with Crippen molar-refractivity contribution < 1.29 is 9.47 Å². The minimum Gasteiger partial charge on any atom is -0.493 e. The number of nitrogens with zero attached hydrogens (tertiary/aromatic N) is 2. The van der Waals surface area contributed by atoms with Gasteiger partial charge in [-0.05, 0) is 17.7 Å². The summed E-state index contributed by atoms with van der Waals surface area (Å²) in [6.07, 6.45) is 2.34. The van der Waals surface area contributed by atoms with Crippen molar-refractivity contribution in [1.29, 1.82) is 0 Å². The summed E-state index contributed by atoms with van der Waals surface area (Å²) in [6.45, 7) is 1.29. The number of nitrogen functional groups attached to an aromatic ring is 1. The number of nitrogens with two attached hydrogens (primary N) is 1. The van der Waals surface area contributed by atoms with Gasteiger partial charge >= 0.3 is 0 Å². The summed E-state index contributed by atoms with van der Waals surface area (Å²) >= 11 is 3.53. The number of methoxy groups -OCH3 is 1. The van der Waals surface area contributed by atoms with Gasteiger partial charge in [-0.1, -0.05) is 15.9 Å². The molecule has 0 radical (unpaired) electrons. The molecule has 1 aliphatic heterocycles. The number of hydrogen-bond acceptors (Lipinski definition) is 6. The van der Waals surface area contributed by atoms with E-state index in [0.717, 1.165) is 28.8 Å². The van der Waals surface area contributed by atoms with Gasteiger partial charge in [-0.3, -0.25) is 0 Å². The summed E-state index contributed by atoms with van der Waals surface area (Å²) in [5.74, 6) is 2.28. The van der Waals surface area contributed by atoms with Crippen LogP contribution in [-0.4, -0.2) is 23.7 Å². The third-order valence-corrected chi connectivity index (χ3v) is 3.76. The molecule has 0 unspecified atom stereocenters. The standard InChI is InChI=1S/C14H15BrN4O2/c1-20-12-13(16)18-7-19-14(12)17-6-9-5-10(15)4-8-2-3-21-11(8)9/h4-5,7H,2-3,6H2,1H3,(H3,16,17,18,19). The first kappa shape index (κ1) is 13.9. The van der Waals surface area contributed by atoms with Crippen LogP contribution in [0.5, 0.6) is 11.5 Å². The minimum atomic E-state index is 0.311. The van der Waals surface area contributed by atoms with E-state index in [9.17, 15) is 0 Å². The van der Waals surface area contributed by atoms with E-state index in [1.165, 1.54) is 11.9 Å². The number of anilines is 2. The first-order chi connectivity index (χ1) is 10.2. The molecule has 1 aliphatic rings. The topological polar surface area (TPSA) is 82.3 Å². The third-order valence-electron chi connectivity index (χ3n) is 3.31. The minimum absolute atomic E-state index is 0.311. The molecule has 0 saturated carbocycles. The second-order valence-corrected chi connectivity index (χ2v) is 5.56. The number of nitrogens with one attached hydrogen (secondary N) is 1. The maximum atomic E-state index is 5.77. The number of hydrogen-bond donors (Lipinski definition) is 2. The summed E-state index contributed by atoms with van der Waals surface area (Å²) in [6, 6.07) is 4.13. The molecule has 6 nitrogen and oxygen atoms in total. The molecule has 0 spiro atoms. The molecule has 2 aromatic rings. The van der Waals surface area contributed by atoms with Gasteiger partial charge in [0.2, 0.25) is 5.75 Å². The summed E-state index contributed by atoms with van der Waals surface area (Å²) < 4.78 is 12.0. The van der Waals surface area contributed by atoms with E-state index in [1.807, 2.05) is 6.07 Å². The van der Waals surface area contributed by atoms with Crippen LogP contribution in [-0.2, 0) is 13.0 Å². The Bertz CT molecular complexity index is 678. The fraction of sp³-hybridized carbons (Fsp3) is 0.286. The van der Waals surface area contributed by atoms with Gasteiger partial charge in [-0.15, -0.1) is 0 Å². The summed E-state index contributed by atoms with van der Waals surface area (Å²) in [5, 5.41) is 3.22. The number of benzene rings is 1. The molecule has 21 heavy (non-hydrogen) atoms. The van der Waals surface area contributed by atoms with Crippen molar-refractivity contribution in [1.82, 2.24) is 9.97 Å². The van der Waals surface area contributed by atoms with Crippen molar-refractivity contribution in [2.75, 3.05) is 24.8 Å². The van der Waals surface area contributed by atoms with Gasteiger partial charge in [0, 0.05) is 23.0 Å². The molecule has 0 aliphatic carbocycles. The van der Waals surface area contributed by atoms with E-state index < -0.39 is 0 Å². The first-order valence-electron chi connectivity index (χ1n) is 6.51. The summed E-state index contributed by atoms with van der Waals surface area (Å²) in [4.78, 5) is 8.07. The van der Waals surface area contributed by atoms with Crippen LogP contribution in [0, 0.1) is 0 Å². The maximum absolute atomic E-state index is 5.77. The van der Waals surface area contributed by atoms with E-state index in [4.69, 9.17) is 15.2 Å². The number of aromatic nitrogens is 2. The van der Waals surface area contributed by atoms with Gasteiger partial charge in [0.05, 0.1) is 13.7 Å². The van der Waals surface area contributed by atoms with Gasteiger partial charge in [-0.25, -0.2) is 9.97 Å². The number of rotatable bonds is 4. The van der Waals surface area contributed by atoms with Gasteiger partial charge in [-0.2, -0.15) is 0 Å². The molecule has 1 aromatic carbocycles. The van der Waals surface area contributed by atoms with Gasteiger partial charge in [0.25, 0.3) is 0 Å². The van der Waals surface area contributed by atoms with Crippen LogP contribution in [0.4, 0.5) is 11.6 Å². The average Bonchev–Trinajstić information content (AvgIpc) is 2.93. The van der Waals surface area contributed by atoms with Crippen LogP contribution in [0.15, 0.2) is 22.9 Å². The lowest BCUT2D eigenvalue weighted by molar-refractivity contribution is 0.353. The molecular weight excluding hydrogens is 336 g/mol. The van der Waals surface area contributed by atoms with Crippen molar-refractivity contribution in [3.05, 3.63) is 34.1 Å². The second kappa shape index (κ2) is 5.77. The van der Waals surface area contributed by atoms with E-state index in [-0.39, 0.29) is 0 Å². The zero-order chi connectivity index (χ0) is 14.8. The molecule has 3 N–H and O–H groups in total. The van der Waals surface area contributed by atoms with E-state index >= 15 is 0 Å². The summed E-state index contributed by atoms with van der Waals surface area (Å²) in [7, 11) is 1.54. The highest BCUT2D eigenvalue weighted by Gasteiger charge is 2.18. The van der Waals surface area contributed by atoms with Crippen molar-refractivity contribution in [2.45, 2.75) is 13.0 Å². The fourth-order valence-electron chi connectivity index (χ4n) is 2.37. The van der Waals surface area contributed by atoms with Gasteiger partial charge < -0.3 is 20.5 Å². The monoisotopic (exact) mass is 350 g/mol. The van der Waals surface area contributed by atoms with Crippen molar-refractivity contribution in [3.63, 3.8) is 0 Å². The molecule has 0 bridgehead atoms. The molecule has 0 saturated heterocycles. The molecule has 110 valence electrons. The van der Waals surface area contributed by atoms with Gasteiger partial charge in [0.1, 0.15) is 12.1 Å². The molecule has 0 amide bonds. The lowest BCUT2D eigenvalue weighted by Gasteiger charge is -2.13. The largest absolute Gasteiger partial charge is 0.493 e. The number of ether oxygens (including phenoxy) is 2. The predicted octanol–water partition coefficient (Wildman–Crippen LogP) is 2.38. The van der Waals surface area contributed by atoms with Gasteiger partial charge in [0.15, 0.2) is 11.6 Å². The van der Waals surface area contributed by atoms with Crippen LogP contribution < -0.4 is 20.5 Å². The highest BCUT2D eigenvalue weighted by molar-refractivity contribution is 9.10. The van der Waals surface area contributed by atoms with Crippen LogP contribution in [0.25, 0.3) is 0 Å².